The lowest BCUT2D eigenvalue weighted by Crippen LogP contribution is -2.62. The number of likely N-dealkylation sites (tertiary alicyclic amines) is 1. The van der Waals surface area contributed by atoms with Crippen molar-refractivity contribution in [2.45, 2.75) is 36.7 Å². The van der Waals surface area contributed by atoms with Crippen LogP contribution in [0.5, 0.6) is 0 Å². The van der Waals surface area contributed by atoms with Gasteiger partial charge in [0.05, 0.1) is 16.3 Å². The van der Waals surface area contributed by atoms with Crippen molar-refractivity contribution in [2.24, 2.45) is 5.92 Å². The minimum Gasteiger partial charge on any atom is -0.378 e. The standard InChI is InChI=1S/C25H32N6O3S/c1-4-19(32)30-12-6-7-15(14-30)27-23(33)22-21-20-18(10-11-26-24(20)35-22)31(25(34)28-21)17-9-5-8-16(13-17)29(2)3/h4-5,8-9,13,15,18,20,24,26H,1,6-7,10-12,14H2,2-3H3,(H,27,33)(H,28,34)/t15-,18?,20?,24?/m1/s1. The van der Waals surface area contributed by atoms with Crippen molar-refractivity contribution in [3.8, 4) is 0 Å². The van der Waals surface area contributed by atoms with Crippen molar-refractivity contribution in [3.05, 3.63) is 47.5 Å². The molecule has 4 aliphatic heterocycles. The highest BCUT2D eigenvalue weighted by Gasteiger charge is 2.51. The lowest BCUT2D eigenvalue weighted by atomic mass is 9.86. The van der Waals surface area contributed by atoms with Gasteiger partial charge in [-0.3, -0.25) is 14.5 Å². The Morgan fingerprint density at radius 1 is 1.29 bits per heavy atom. The Labute approximate surface area is 209 Å². The zero-order valence-electron chi connectivity index (χ0n) is 20.1. The van der Waals surface area contributed by atoms with E-state index in [0.717, 1.165) is 42.9 Å². The van der Waals surface area contributed by atoms with Crippen molar-refractivity contribution in [1.29, 1.82) is 0 Å². The Morgan fingerprint density at radius 2 is 2.11 bits per heavy atom. The first kappa shape index (κ1) is 23.7. The summed E-state index contributed by atoms with van der Waals surface area (Å²) < 4.78 is 0. The van der Waals surface area contributed by atoms with Gasteiger partial charge in [-0.2, -0.15) is 0 Å². The molecule has 3 N–H and O–H groups in total. The minimum atomic E-state index is -0.203. The molecule has 5 rings (SSSR count). The van der Waals surface area contributed by atoms with Gasteiger partial charge in [0.15, 0.2) is 0 Å². The second-order valence-electron chi connectivity index (χ2n) is 9.63. The minimum absolute atomic E-state index is 0.000380. The number of hydrogen-bond acceptors (Lipinski definition) is 6. The van der Waals surface area contributed by atoms with Crippen LogP contribution in [0.25, 0.3) is 0 Å². The van der Waals surface area contributed by atoms with Crippen LogP contribution in [0.15, 0.2) is 47.5 Å². The molecule has 4 heterocycles. The molecule has 0 radical (unpaired) electrons. The number of piperidine rings is 2. The van der Waals surface area contributed by atoms with Gasteiger partial charge in [-0.15, -0.1) is 0 Å². The molecule has 3 fully saturated rings. The number of hydrogen-bond donors (Lipinski definition) is 3. The monoisotopic (exact) mass is 496 g/mol. The second kappa shape index (κ2) is 9.58. The van der Waals surface area contributed by atoms with Gasteiger partial charge < -0.3 is 25.8 Å². The Balaban J connectivity index is 1.38. The lowest BCUT2D eigenvalue weighted by molar-refractivity contribution is -0.128. The molecule has 1 aromatic carbocycles. The Kier molecular flexibility index (Phi) is 6.50. The van der Waals surface area contributed by atoms with Crippen LogP contribution in [0.2, 0.25) is 0 Å². The molecule has 0 bridgehead atoms. The zero-order chi connectivity index (χ0) is 24.7. The fraction of sp³-hybridized carbons (Fsp3) is 0.480. The van der Waals surface area contributed by atoms with Gasteiger partial charge >= 0.3 is 6.03 Å². The molecule has 9 nitrogen and oxygen atoms in total. The van der Waals surface area contributed by atoms with E-state index in [4.69, 9.17) is 0 Å². The smallest absolute Gasteiger partial charge is 0.326 e. The first-order valence-electron chi connectivity index (χ1n) is 12.1. The van der Waals surface area contributed by atoms with E-state index in [-0.39, 0.29) is 41.2 Å². The predicted octanol–water partition coefficient (Wildman–Crippen LogP) is 1.84. The van der Waals surface area contributed by atoms with Crippen LogP contribution < -0.4 is 25.8 Å². The van der Waals surface area contributed by atoms with Crippen LogP contribution in [0, 0.1) is 5.92 Å². The molecule has 0 aliphatic carbocycles. The summed E-state index contributed by atoms with van der Waals surface area (Å²) in [6.45, 7) is 5.49. The quantitative estimate of drug-likeness (QED) is 0.539. The van der Waals surface area contributed by atoms with Gasteiger partial charge in [0, 0.05) is 56.2 Å². The molecule has 1 aromatic rings. The number of benzene rings is 1. The summed E-state index contributed by atoms with van der Waals surface area (Å²) in [5, 5.41) is 9.74. The number of carbonyl (C=O) groups excluding carboxylic acids is 3. The lowest BCUT2D eigenvalue weighted by Gasteiger charge is -2.46. The summed E-state index contributed by atoms with van der Waals surface area (Å²) in [5.41, 5.74) is 2.60. The van der Waals surface area contributed by atoms with E-state index in [1.54, 1.807) is 4.90 Å². The molecule has 4 atom stereocenters. The number of rotatable bonds is 5. The Bertz CT molecular complexity index is 1090. The average molecular weight is 497 g/mol. The van der Waals surface area contributed by atoms with Crippen molar-refractivity contribution < 1.29 is 14.4 Å². The molecule has 0 aromatic heterocycles. The van der Waals surface area contributed by atoms with Gasteiger partial charge in [0.25, 0.3) is 5.91 Å². The van der Waals surface area contributed by atoms with Crippen molar-refractivity contribution in [3.63, 3.8) is 0 Å². The number of anilines is 2. The Morgan fingerprint density at radius 3 is 2.89 bits per heavy atom. The molecule has 3 saturated heterocycles. The van der Waals surface area contributed by atoms with E-state index in [2.05, 4.69) is 22.5 Å². The normalized spacial score (nSPS) is 27.8. The van der Waals surface area contributed by atoms with E-state index in [0.29, 0.717) is 18.0 Å². The van der Waals surface area contributed by atoms with Gasteiger partial charge in [0.2, 0.25) is 5.91 Å². The van der Waals surface area contributed by atoms with E-state index in [1.165, 1.54) is 17.8 Å². The molecule has 4 amide bonds. The maximum atomic E-state index is 13.4. The predicted molar refractivity (Wildman–Crippen MR) is 138 cm³/mol. The van der Waals surface area contributed by atoms with Crippen LogP contribution >= 0.6 is 11.8 Å². The third-order valence-corrected chi connectivity index (χ3v) is 8.57. The summed E-state index contributed by atoms with van der Waals surface area (Å²) in [6, 6.07) is 7.62. The molecule has 0 saturated carbocycles. The number of nitrogens with zero attached hydrogens (tertiary/aromatic N) is 3. The van der Waals surface area contributed by atoms with Crippen LogP contribution in [0.4, 0.5) is 16.2 Å². The SMILES string of the molecule is C=CC(=O)N1CCC[C@@H](NC(=O)C2=C3NC(=O)N(c4cccc(N(C)C)c4)C4CCNC(S2)C34)C1. The highest BCUT2D eigenvalue weighted by molar-refractivity contribution is 8.04. The van der Waals surface area contributed by atoms with Crippen molar-refractivity contribution >= 4 is 41.0 Å². The number of carbonyl (C=O) groups is 3. The summed E-state index contributed by atoms with van der Waals surface area (Å²) in [7, 11) is 3.96. The van der Waals surface area contributed by atoms with E-state index < -0.39 is 0 Å². The largest absolute Gasteiger partial charge is 0.378 e. The molecule has 4 aliphatic rings. The number of nitrogens with one attached hydrogen (secondary N) is 3. The fourth-order valence-electron chi connectivity index (χ4n) is 5.52. The van der Waals surface area contributed by atoms with E-state index in [1.807, 2.05) is 48.2 Å². The molecule has 10 heteroatoms. The summed E-state index contributed by atoms with van der Waals surface area (Å²) in [6.07, 6.45) is 3.77. The van der Waals surface area contributed by atoms with E-state index >= 15 is 0 Å². The number of urea groups is 1. The third-order valence-electron chi connectivity index (χ3n) is 7.21. The highest BCUT2D eigenvalue weighted by atomic mass is 32.2. The van der Waals surface area contributed by atoms with Crippen LogP contribution in [-0.4, -0.2) is 73.9 Å². The second-order valence-corrected chi connectivity index (χ2v) is 10.8. The van der Waals surface area contributed by atoms with Crippen LogP contribution in [-0.2, 0) is 9.59 Å². The molecular weight excluding hydrogens is 464 g/mol. The molecule has 0 spiro atoms. The molecule has 3 unspecified atom stereocenters. The summed E-state index contributed by atoms with van der Waals surface area (Å²) in [4.78, 5) is 44.9. The van der Waals surface area contributed by atoms with Gasteiger partial charge in [-0.1, -0.05) is 24.4 Å². The number of amides is 4. The highest BCUT2D eigenvalue weighted by Crippen LogP contribution is 2.48. The van der Waals surface area contributed by atoms with Crippen molar-refractivity contribution in [1.82, 2.24) is 20.9 Å². The zero-order valence-corrected chi connectivity index (χ0v) is 20.9. The third kappa shape index (κ3) is 4.40. The molecule has 35 heavy (non-hydrogen) atoms. The summed E-state index contributed by atoms with van der Waals surface area (Å²) >= 11 is 1.50. The fourth-order valence-corrected chi connectivity index (χ4v) is 6.92. The first-order chi connectivity index (χ1) is 16.9. The van der Waals surface area contributed by atoms with Gasteiger partial charge in [-0.25, -0.2) is 4.79 Å². The van der Waals surface area contributed by atoms with Gasteiger partial charge in [0.1, 0.15) is 0 Å². The topological polar surface area (TPSA) is 97.0 Å². The van der Waals surface area contributed by atoms with Crippen molar-refractivity contribution in [2.75, 3.05) is 43.5 Å². The van der Waals surface area contributed by atoms with E-state index in [9.17, 15) is 14.4 Å². The van der Waals surface area contributed by atoms with Crippen LogP contribution in [0.3, 0.4) is 0 Å². The number of thioether (sulfide) groups is 1. The average Bonchev–Trinajstić information content (AvgIpc) is 3.23. The molecular formula is C25H32N6O3S. The maximum Gasteiger partial charge on any atom is 0.326 e. The maximum absolute atomic E-state index is 13.4. The molecule has 186 valence electrons. The van der Waals surface area contributed by atoms with Crippen LogP contribution in [0.1, 0.15) is 19.3 Å². The summed E-state index contributed by atoms with van der Waals surface area (Å²) in [5.74, 6) is -0.293. The first-order valence-corrected chi connectivity index (χ1v) is 13.0. The Hall–Kier alpha value is -2.98. The van der Waals surface area contributed by atoms with Gasteiger partial charge in [-0.05, 0) is 50.1 Å².